The van der Waals surface area contributed by atoms with E-state index in [0.29, 0.717) is 25.6 Å². The molecule has 0 aromatic carbocycles. The molecule has 3 amide bonds. The van der Waals surface area contributed by atoms with Gasteiger partial charge in [0.15, 0.2) is 0 Å². The minimum atomic E-state index is -0.426. The Labute approximate surface area is 120 Å². The molecule has 6 heteroatoms. The zero-order valence-corrected chi connectivity index (χ0v) is 12.3. The first-order valence-electron chi connectivity index (χ1n) is 7.59. The van der Waals surface area contributed by atoms with Crippen LogP contribution in [0.5, 0.6) is 0 Å². The Bertz CT molecular complexity index is 374. The van der Waals surface area contributed by atoms with Crippen molar-refractivity contribution >= 4 is 11.9 Å². The zero-order chi connectivity index (χ0) is 14.7. The number of rotatable bonds is 2. The van der Waals surface area contributed by atoms with Gasteiger partial charge >= 0.3 is 6.03 Å². The fraction of sp³-hybridized carbons (Fsp3) is 0.857. The number of carbonyl (C=O) groups is 2. The molecule has 0 saturated carbocycles. The molecule has 2 rings (SSSR count). The first-order valence-corrected chi connectivity index (χ1v) is 7.59. The second kappa shape index (κ2) is 6.43. The second-order valence-corrected chi connectivity index (χ2v) is 6.08. The van der Waals surface area contributed by atoms with Gasteiger partial charge in [-0.25, -0.2) is 4.79 Å². The highest BCUT2D eigenvalue weighted by atomic mass is 16.2. The molecule has 2 aliphatic heterocycles. The van der Waals surface area contributed by atoms with Crippen molar-refractivity contribution < 1.29 is 9.59 Å². The van der Waals surface area contributed by atoms with Crippen molar-refractivity contribution in [1.82, 2.24) is 9.80 Å². The Hall–Kier alpha value is -1.30. The highest BCUT2D eigenvalue weighted by molar-refractivity contribution is 5.81. The summed E-state index contributed by atoms with van der Waals surface area (Å²) < 4.78 is 0. The Morgan fingerprint density at radius 3 is 2.55 bits per heavy atom. The first-order chi connectivity index (χ1) is 9.54. The highest BCUT2D eigenvalue weighted by Crippen LogP contribution is 2.26. The van der Waals surface area contributed by atoms with Gasteiger partial charge in [-0.05, 0) is 31.6 Å². The van der Waals surface area contributed by atoms with E-state index in [1.54, 1.807) is 4.90 Å². The Kier molecular flexibility index (Phi) is 4.86. The maximum atomic E-state index is 12.7. The summed E-state index contributed by atoms with van der Waals surface area (Å²) in [6, 6.07) is -0.287. The van der Waals surface area contributed by atoms with Crippen LogP contribution in [0.15, 0.2) is 0 Å². The number of piperidine rings is 2. The molecular weight excluding hydrogens is 256 g/mol. The molecule has 20 heavy (non-hydrogen) atoms. The third-order valence-electron chi connectivity index (χ3n) is 4.72. The van der Waals surface area contributed by atoms with Crippen LogP contribution >= 0.6 is 0 Å². The van der Waals surface area contributed by atoms with E-state index in [1.165, 1.54) is 0 Å². The summed E-state index contributed by atoms with van der Waals surface area (Å²) in [7, 11) is 0. The van der Waals surface area contributed by atoms with Crippen LogP contribution < -0.4 is 11.5 Å². The normalized spacial score (nSPS) is 31.2. The van der Waals surface area contributed by atoms with Gasteiger partial charge in [-0.2, -0.15) is 0 Å². The van der Waals surface area contributed by atoms with Crippen molar-refractivity contribution in [3.63, 3.8) is 0 Å². The van der Waals surface area contributed by atoms with Gasteiger partial charge in [0, 0.05) is 32.2 Å². The molecule has 0 unspecified atom stereocenters. The topological polar surface area (TPSA) is 92.7 Å². The van der Waals surface area contributed by atoms with E-state index in [0.717, 1.165) is 32.2 Å². The quantitative estimate of drug-likeness (QED) is 0.766. The summed E-state index contributed by atoms with van der Waals surface area (Å²) in [4.78, 5) is 27.5. The molecule has 0 radical (unpaired) electrons. The molecule has 3 atom stereocenters. The van der Waals surface area contributed by atoms with Crippen LogP contribution in [0.3, 0.4) is 0 Å². The van der Waals surface area contributed by atoms with Crippen LogP contribution in [0.1, 0.15) is 32.6 Å². The van der Waals surface area contributed by atoms with Crippen LogP contribution in [0, 0.1) is 11.8 Å². The summed E-state index contributed by atoms with van der Waals surface area (Å²) in [6.07, 6.45) is 3.85. The Balaban J connectivity index is 2.03. The average molecular weight is 282 g/mol. The third kappa shape index (κ3) is 3.06. The first kappa shape index (κ1) is 15.1. The molecule has 0 spiro atoms. The molecule has 2 heterocycles. The molecule has 2 fully saturated rings. The fourth-order valence-electron chi connectivity index (χ4n) is 3.50. The molecule has 4 N–H and O–H groups in total. The van der Waals surface area contributed by atoms with Gasteiger partial charge in [-0.15, -0.1) is 0 Å². The summed E-state index contributed by atoms with van der Waals surface area (Å²) in [6.45, 7) is 4.58. The highest BCUT2D eigenvalue weighted by Gasteiger charge is 2.36. The van der Waals surface area contributed by atoms with E-state index < -0.39 is 6.03 Å². The molecule has 0 aromatic heterocycles. The van der Waals surface area contributed by atoms with E-state index in [-0.39, 0.29) is 17.9 Å². The van der Waals surface area contributed by atoms with Crippen molar-refractivity contribution in [3.05, 3.63) is 0 Å². The number of primary amides is 1. The van der Waals surface area contributed by atoms with E-state index in [4.69, 9.17) is 11.5 Å². The molecule has 2 saturated heterocycles. The molecule has 0 aromatic rings. The number of amides is 3. The molecule has 6 nitrogen and oxygen atoms in total. The number of urea groups is 1. The van der Waals surface area contributed by atoms with Crippen molar-refractivity contribution in [2.24, 2.45) is 23.3 Å². The average Bonchev–Trinajstić information content (AvgIpc) is 2.46. The predicted octanol–water partition coefficient (Wildman–Crippen LogP) is 0.363. The summed E-state index contributed by atoms with van der Waals surface area (Å²) in [5.41, 5.74) is 11.2. The largest absolute Gasteiger partial charge is 0.351 e. The molecule has 2 aliphatic rings. The van der Waals surface area contributed by atoms with Crippen molar-refractivity contribution in [1.29, 1.82) is 0 Å². The number of likely N-dealkylation sites (tertiary alicyclic amines) is 2. The van der Waals surface area contributed by atoms with E-state index in [9.17, 15) is 9.59 Å². The number of hydrogen-bond donors (Lipinski definition) is 2. The van der Waals surface area contributed by atoms with Gasteiger partial charge < -0.3 is 21.3 Å². The van der Waals surface area contributed by atoms with Crippen molar-refractivity contribution in [2.75, 3.05) is 26.2 Å². The number of nitrogens with two attached hydrogens (primary N) is 2. The monoisotopic (exact) mass is 282 g/mol. The Morgan fingerprint density at radius 2 is 1.90 bits per heavy atom. The lowest BCUT2D eigenvalue weighted by atomic mass is 9.88. The molecule has 0 bridgehead atoms. The summed E-state index contributed by atoms with van der Waals surface area (Å²) in [5.74, 6) is 0.488. The number of carbonyl (C=O) groups excluding carboxylic acids is 2. The summed E-state index contributed by atoms with van der Waals surface area (Å²) >= 11 is 0. The molecule has 0 aliphatic carbocycles. The number of hydrogen-bond acceptors (Lipinski definition) is 3. The minimum absolute atomic E-state index is 0.115. The van der Waals surface area contributed by atoms with Gasteiger partial charge in [0.2, 0.25) is 5.91 Å². The van der Waals surface area contributed by atoms with Gasteiger partial charge in [-0.1, -0.05) is 6.92 Å². The van der Waals surface area contributed by atoms with Gasteiger partial charge in [-0.3, -0.25) is 4.79 Å². The van der Waals surface area contributed by atoms with Crippen LogP contribution in [0.2, 0.25) is 0 Å². The lowest BCUT2D eigenvalue weighted by molar-refractivity contribution is -0.141. The lowest BCUT2D eigenvalue weighted by Crippen LogP contribution is -2.55. The van der Waals surface area contributed by atoms with Gasteiger partial charge in [0.05, 0.1) is 5.92 Å². The predicted molar refractivity (Wildman–Crippen MR) is 76.8 cm³/mol. The fourth-order valence-corrected chi connectivity index (χ4v) is 3.50. The SMILES string of the molecule is C[C@@H]1CCCN(C(=O)[C@@H]2CCCN(C(N)=O)C2)[C@H]1CN. The van der Waals surface area contributed by atoms with E-state index >= 15 is 0 Å². The zero-order valence-electron chi connectivity index (χ0n) is 12.3. The smallest absolute Gasteiger partial charge is 0.314 e. The van der Waals surface area contributed by atoms with Gasteiger partial charge in [0.1, 0.15) is 0 Å². The molecular formula is C14H26N4O2. The van der Waals surface area contributed by atoms with Crippen LogP contribution in [0.4, 0.5) is 4.79 Å². The van der Waals surface area contributed by atoms with E-state index in [2.05, 4.69) is 6.92 Å². The van der Waals surface area contributed by atoms with Gasteiger partial charge in [0.25, 0.3) is 0 Å². The maximum Gasteiger partial charge on any atom is 0.314 e. The lowest BCUT2D eigenvalue weighted by Gasteiger charge is -2.42. The third-order valence-corrected chi connectivity index (χ3v) is 4.72. The standard InChI is InChI=1S/C14H26N4O2/c1-10-4-2-7-18(12(10)8-15)13(19)11-5-3-6-17(9-11)14(16)20/h10-12H,2-9,15H2,1H3,(H2,16,20)/t10-,11-,12+/m1/s1. The van der Waals surface area contributed by atoms with E-state index in [1.807, 2.05) is 4.90 Å². The second-order valence-electron chi connectivity index (χ2n) is 6.08. The summed E-state index contributed by atoms with van der Waals surface area (Å²) in [5, 5.41) is 0. The molecule has 114 valence electrons. The maximum absolute atomic E-state index is 12.7. The number of nitrogens with zero attached hydrogens (tertiary/aromatic N) is 2. The minimum Gasteiger partial charge on any atom is -0.351 e. The van der Waals surface area contributed by atoms with Crippen molar-refractivity contribution in [3.8, 4) is 0 Å². The van der Waals surface area contributed by atoms with Crippen LogP contribution in [-0.2, 0) is 4.79 Å². The van der Waals surface area contributed by atoms with Crippen molar-refractivity contribution in [2.45, 2.75) is 38.6 Å². The van der Waals surface area contributed by atoms with Crippen LogP contribution in [-0.4, -0.2) is 54.0 Å². The Morgan fingerprint density at radius 1 is 1.20 bits per heavy atom. The van der Waals surface area contributed by atoms with Crippen LogP contribution in [0.25, 0.3) is 0 Å².